The van der Waals surface area contributed by atoms with Gasteiger partial charge in [0.1, 0.15) is 0 Å². The molecule has 2 N–H and O–H groups in total. The van der Waals surface area contributed by atoms with Crippen molar-refractivity contribution in [3.63, 3.8) is 0 Å². The van der Waals surface area contributed by atoms with Crippen molar-refractivity contribution >= 4 is 51.3 Å². The van der Waals surface area contributed by atoms with Crippen molar-refractivity contribution in [2.75, 3.05) is 0 Å². The summed E-state index contributed by atoms with van der Waals surface area (Å²) >= 11 is 0. The molecule has 1 nitrogen and oxygen atoms in total. The molecule has 0 amide bonds. The topological polar surface area (TPSA) is 31.5 Å². The SMILES string of the molecule is I.O.[Fe].[PbH2]. The fourth-order valence-electron chi connectivity index (χ4n) is 0. The van der Waals surface area contributed by atoms with Gasteiger partial charge in [0.05, 0.1) is 0 Å². The van der Waals surface area contributed by atoms with Crippen molar-refractivity contribution in [2.24, 2.45) is 0 Å². The molecule has 0 spiro atoms. The molecule has 0 aromatic rings. The Morgan fingerprint density at radius 1 is 1.00 bits per heavy atom. The summed E-state index contributed by atoms with van der Waals surface area (Å²) in [7, 11) is 0. The van der Waals surface area contributed by atoms with E-state index in [-0.39, 0.29) is 73.8 Å². The Morgan fingerprint density at radius 3 is 1.00 bits per heavy atom. The summed E-state index contributed by atoms with van der Waals surface area (Å²) in [6, 6.07) is 0. The first-order valence-electron chi connectivity index (χ1n) is 0. The van der Waals surface area contributed by atoms with Crippen molar-refractivity contribution in [2.45, 2.75) is 0 Å². The zero-order valence-electron chi connectivity index (χ0n) is 1.97. The molecule has 30 valence electrons. The zero-order valence-corrected chi connectivity index (χ0v) is 10.9. The Bertz CT molecular complexity index is 8.00. The Kier molecular flexibility index (Phi) is 171. The molecule has 0 aliphatic heterocycles. The molecule has 0 unspecified atom stereocenters. The van der Waals surface area contributed by atoms with Crippen LogP contribution in [0.3, 0.4) is 0 Å². The van der Waals surface area contributed by atoms with E-state index >= 15 is 0 Å². The number of hydrogen-bond acceptors (Lipinski definition) is 0. The van der Waals surface area contributed by atoms with Crippen LogP contribution < -0.4 is 0 Å². The van der Waals surface area contributed by atoms with Crippen LogP contribution in [0.25, 0.3) is 0 Å². The summed E-state index contributed by atoms with van der Waals surface area (Å²) in [5, 5.41) is 0. The molecule has 0 saturated heterocycles. The zero-order chi connectivity index (χ0) is 0. The van der Waals surface area contributed by atoms with Gasteiger partial charge in [0.2, 0.25) is 0 Å². The van der Waals surface area contributed by atoms with Crippen LogP contribution in [0.5, 0.6) is 0 Å². The van der Waals surface area contributed by atoms with Gasteiger partial charge < -0.3 is 5.48 Å². The van der Waals surface area contributed by atoms with Crippen molar-refractivity contribution in [1.82, 2.24) is 0 Å². The van der Waals surface area contributed by atoms with Crippen molar-refractivity contribution < 1.29 is 22.5 Å². The van der Waals surface area contributed by atoms with Crippen LogP contribution in [0.4, 0.5) is 0 Å². The fourth-order valence-corrected chi connectivity index (χ4v) is 0. The standard InChI is InChI=1S/Fe.HI.H2O.Pb.2H/h;1H;1H2;;;. The Balaban J connectivity index is 0. The third-order valence-corrected chi connectivity index (χ3v) is 0. The van der Waals surface area contributed by atoms with Crippen LogP contribution in [0.2, 0.25) is 0 Å². The molecule has 4 heteroatoms. The normalized spacial score (nSPS) is 0. The average Bonchev–Trinajstić information content (AvgIpc) is 0. The molecule has 0 aliphatic carbocycles. The minimum absolute atomic E-state index is 0. The van der Waals surface area contributed by atoms with E-state index in [9.17, 15) is 0 Å². The van der Waals surface area contributed by atoms with Crippen LogP contribution in [-0.2, 0) is 17.1 Å². The van der Waals surface area contributed by atoms with Gasteiger partial charge in [-0.2, -0.15) is 0 Å². The molecule has 0 atom stereocenters. The van der Waals surface area contributed by atoms with Gasteiger partial charge in [0.15, 0.2) is 0 Å². The van der Waals surface area contributed by atoms with Gasteiger partial charge in [-0.3, -0.25) is 0 Å². The van der Waals surface area contributed by atoms with Gasteiger partial charge in [-0.15, -0.1) is 24.0 Å². The number of hydrogen-bond donors (Lipinski definition) is 0. The van der Waals surface area contributed by atoms with Gasteiger partial charge in [-0.05, 0) is 0 Å². The van der Waals surface area contributed by atoms with E-state index in [1.165, 1.54) is 0 Å². The van der Waals surface area contributed by atoms with Gasteiger partial charge in [-0.1, -0.05) is 0 Å². The van der Waals surface area contributed by atoms with E-state index in [1.54, 1.807) is 0 Å². The third-order valence-electron chi connectivity index (χ3n) is 0. The maximum atomic E-state index is 0. The van der Waals surface area contributed by atoms with E-state index in [2.05, 4.69) is 0 Å². The number of halogens is 1. The second kappa shape index (κ2) is 19.3. The molecule has 0 aromatic carbocycles. The van der Waals surface area contributed by atoms with Crippen LogP contribution >= 0.6 is 24.0 Å². The molecule has 0 aromatic heterocycles. The molecule has 0 saturated carbocycles. The molecule has 4 heavy (non-hydrogen) atoms. The van der Waals surface area contributed by atoms with E-state index in [0.717, 1.165) is 0 Å². The summed E-state index contributed by atoms with van der Waals surface area (Å²) in [5.74, 6) is 0. The number of rotatable bonds is 0. The van der Waals surface area contributed by atoms with Gasteiger partial charge in [0, 0.05) is 17.1 Å². The average molecular weight is 411 g/mol. The summed E-state index contributed by atoms with van der Waals surface area (Å²) in [6.07, 6.45) is 0. The van der Waals surface area contributed by atoms with Crippen LogP contribution in [-0.4, -0.2) is 32.8 Å². The fraction of sp³-hybridized carbons (Fsp3) is 0. The molecule has 0 bridgehead atoms. The molecule has 2 radical (unpaired) electrons. The summed E-state index contributed by atoms with van der Waals surface area (Å²) in [5.41, 5.74) is 0. The first-order chi connectivity index (χ1) is 0. The Labute approximate surface area is 72.9 Å². The quantitative estimate of drug-likeness (QED) is 0.358. The first-order valence-corrected chi connectivity index (χ1v) is 0. The molecular formula is H5FeIOPb. The van der Waals surface area contributed by atoms with Crippen molar-refractivity contribution in [3.8, 4) is 0 Å². The maximum absolute atomic E-state index is 0. The van der Waals surface area contributed by atoms with Crippen molar-refractivity contribution in [3.05, 3.63) is 0 Å². The Morgan fingerprint density at radius 2 is 1.00 bits per heavy atom. The van der Waals surface area contributed by atoms with Gasteiger partial charge >= 0.3 is 27.3 Å². The molecule has 0 fully saturated rings. The summed E-state index contributed by atoms with van der Waals surface area (Å²) in [6.45, 7) is 0. The minimum atomic E-state index is 0. The van der Waals surface area contributed by atoms with Crippen molar-refractivity contribution in [1.29, 1.82) is 0 Å². The van der Waals surface area contributed by atoms with E-state index in [4.69, 9.17) is 0 Å². The van der Waals surface area contributed by atoms with E-state index in [0.29, 0.717) is 0 Å². The summed E-state index contributed by atoms with van der Waals surface area (Å²) in [4.78, 5) is 0. The molecule has 0 aliphatic rings. The second-order valence-corrected chi connectivity index (χ2v) is 0. The third kappa shape index (κ3) is 8.92. The summed E-state index contributed by atoms with van der Waals surface area (Å²) < 4.78 is 0. The predicted molar refractivity (Wildman–Crippen MR) is 27.6 cm³/mol. The van der Waals surface area contributed by atoms with Crippen LogP contribution in [0.1, 0.15) is 0 Å². The van der Waals surface area contributed by atoms with Crippen LogP contribution in [0, 0.1) is 0 Å². The van der Waals surface area contributed by atoms with Gasteiger partial charge in [0.25, 0.3) is 0 Å². The monoisotopic (exact) mass is 412 g/mol. The molecular weight excluding hydrogens is 406 g/mol. The Hall–Kier alpha value is 2.13. The van der Waals surface area contributed by atoms with E-state index in [1.807, 2.05) is 0 Å². The van der Waals surface area contributed by atoms with Crippen LogP contribution in [0.15, 0.2) is 0 Å². The molecule has 0 heterocycles. The predicted octanol–water partition coefficient (Wildman–Crippen LogP) is -1.13. The first kappa shape index (κ1) is 35.5. The van der Waals surface area contributed by atoms with Gasteiger partial charge in [-0.25, -0.2) is 0 Å². The second-order valence-electron chi connectivity index (χ2n) is 0. The molecule has 0 rings (SSSR count). The van der Waals surface area contributed by atoms with E-state index < -0.39 is 0 Å².